The van der Waals surface area contributed by atoms with Gasteiger partial charge in [-0.1, -0.05) is 138 Å². The number of oxime groups is 6. The zero-order valence-corrected chi connectivity index (χ0v) is 72.3. The van der Waals surface area contributed by atoms with Crippen molar-refractivity contribution in [3.8, 4) is 69.0 Å². The first kappa shape index (κ1) is 117. The molecule has 0 aliphatic carbocycles. The normalized spacial score (nSPS) is 11.8. The van der Waals surface area contributed by atoms with E-state index in [4.69, 9.17) is 69.9 Å². The Bertz CT molecular complexity index is 4040. The van der Waals surface area contributed by atoms with Crippen LogP contribution in [0.3, 0.4) is 0 Å². The largest absolute Gasteiger partial charge is 3.00 e. The second-order valence-corrected chi connectivity index (χ2v) is 19.4. The number of hydrogen-bond acceptors (Lipinski definition) is 42. The summed E-state index contributed by atoms with van der Waals surface area (Å²) in [4.78, 5) is 22.3. The third-order valence-electron chi connectivity index (χ3n) is 12.3. The van der Waals surface area contributed by atoms with E-state index < -0.39 is 35.4 Å². The third kappa shape index (κ3) is 44.1. The monoisotopic (exact) mass is 2190 g/mol. The fraction of sp³-hybridized carbons (Fsp3) is 0.206. The first-order valence-electron chi connectivity index (χ1n) is 30.4. The molecule has 0 aliphatic rings. The van der Waals surface area contributed by atoms with Crippen molar-refractivity contribution in [3.63, 3.8) is 0 Å². The first-order valence-corrected chi connectivity index (χ1v) is 30.4. The zero-order valence-electron chi connectivity index (χ0n) is 63.3. The Hall–Kier alpha value is -10.2. The number of para-hydroxylation sites is 6. The number of ether oxygens (including phenoxy) is 6. The van der Waals surface area contributed by atoms with Crippen LogP contribution in [0, 0.1) is 160 Å². The molecule has 0 heterocycles. The van der Waals surface area contributed by atoms with E-state index in [1.54, 1.807) is 36.4 Å². The smallest absolute Gasteiger partial charge is 0.870 e. The second-order valence-electron chi connectivity index (χ2n) is 19.4. The van der Waals surface area contributed by atoms with Crippen LogP contribution < -0.4 is 101 Å². The van der Waals surface area contributed by atoms with Crippen LogP contribution in [-0.2, 0) is 9.59 Å². The number of carbonyl (C=O) groups excluding carboxylic acids is 2. The van der Waals surface area contributed by atoms with Crippen LogP contribution in [0.25, 0.3) is 0 Å². The van der Waals surface area contributed by atoms with Crippen LogP contribution in [0.1, 0.15) is 74.9 Å². The maximum absolute atomic E-state index is 11.7. The van der Waals surface area contributed by atoms with E-state index in [-0.39, 0.29) is 296 Å². The minimum atomic E-state index is -0.788. The van der Waals surface area contributed by atoms with Gasteiger partial charge in [-0.3, -0.25) is 9.59 Å². The Balaban J connectivity index is -0.000000308. The fourth-order valence-corrected chi connectivity index (χ4v) is 6.38. The van der Waals surface area contributed by atoms with Gasteiger partial charge < -0.3 is 121 Å². The van der Waals surface area contributed by atoms with E-state index in [0.29, 0.717) is 0 Å². The molecule has 0 aromatic heterocycles. The van der Waals surface area contributed by atoms with Gasteiger partial charge in [-0.25, -0.2) is 10.9 Å². The fourth-order valence-electron chi connectivity index (χ4n) is 6.38. The van der Waals surface area contributed by atoms with Gasteiger partial charge in [-0.15, -0.1) is 0 Å². The maximum Gasteiger partial charge on any atom is 3.00 e. The van der Waals surface area contributed by atoms with Crippen LogP contribution in [-0.4, -0.2) is 195 Å². The van der Waals surface area contributed by atoms with Crippen LogP contribution in [0.4, 0.5) is 0 Å². The molecule has 44 nitrogen and oxygen atoms in total. The molecule has 0 bridgehead atoms. The second kappa shape index (κ2) is 69.1. The van der Waals surface area contributed by atoms with Gasteiger partial charge >= 0.3 is 160 Å². The van der Waals surface area contributed by atoms with E-state index in [0.717, 1.165) is 39.1 Å². The van der Waals surface area contributed by atoms with Gasteiger partial charge in [0.15, 0.2) is 0 Å². The Labute approximate surface area is 790 Å². The number of nitrogens with one attached hydrogen (secondary N) is 2. The molecule has 116 heavy (non-hydrogen) atoms. The summed E-state index contributed by atoms with van der Waals surface area (Å²) in [6, 6.07) is 28.0. The molecule has 2 amide bonds. The third-order valence-corrected chi connectivity index (χ3v) is 12.3. The molecule has 0 saturated heterocycles. The van der Waals surface area contributed by atoms with Crippen LogP contribution in [0.15, 0.2) is 191 Å². The Morgan fingerprint density at radius 3 is 0.595 bits per heavy atom. The predicted octanol–water partition coefficient (Wildman–Crippen LogP) is -3.06. The number of hydrogen-bond donors (Lipinski definition) is 8. The van der Waals surface area contributed by atoms with Gasteiger partial charge in [0, 0.05) is 23.6 Å². The first-order chi connectivity index (χ1) is 53.6. The molecule has 6 aromatic carbocycles. The Kier molecular flexibility index (Phi) is 69.5. The number of rotatable bonds is 24. The molecule has 4 radical (unpaired) electrons. The van der Waals surface area contributed by atoms with Crippen LogP contribution in [0.2, 0.25) is 0 Å². The molecule has 0 atom stereocenters. The van der Waals surface area contributed by atoms with Crippen molar-refractivity contribution < 1.29 is 290 Å². The van der Waals surface area contributed by atoms with E-state index in [2.05, 4.69) is 92.8 Å². The van der Waals surface area contributed by atoms with E-state index in [9.17, 15) is 60.7 Å². The van der Waals surface area contributed by atoms with Crippen LogP contribution >= 0.6 is 0 Å². The van der Waals surface area contributed by atoms with Gasteiger partial charge in [0.25, 0.3) is 11.8 Å². The molecule has 6 rings (SSSR count). The van der Waals surface area contributed by atoms with E-state index in [1.165, 1.54) is 169 Å². The molecule has 624 valence electrons. The SMILES string of the molecule is COc1cccc(/C=N/N=C([O-])/C(C)=N/O)c1[O-].COc1cccc(/C=N/N=C([O-])/C(C)=N/O)c1[O-].COc1cccc(/C=N/N=C([O-])/C(C)=N/O)c1[O-].COc1cccc(/C=N/N=C([O-])/C(C)=N/O)c1[O-].COc1cccc(/C=N/NC(=O)/C(C)=N/O)c1[O-].COc1cccc(/C=N/NC(=O)/C(C)=N/O)c1[O-].C[O-].C[O-].[Gd+3].[Gd+3].[Gd+3].[Gd+3]. The van der Waals surface area contributed by atoms with Gasteiger partial charge in [-0.2, -0.15) is 65.2 Å². The summed E-state index contributed by atoms with van der Waals surface area (Å²) < 4.78 is 29.1. The number of methoxy groups -OCH3 is 6. The average molecular weight is 2190 g/mol. The quantitative estimate of drug-likeness (QED) is 0.0129. The molecule has 8 N–H and O–H groups in total. The molecule has 0 spiro atoms. The summed E-state index contributed by atoms with van der Waals surface area (Å²) in [7, 11) is 9.81. The molecule has 0 unspecified atom stereocenters. The number of amides is 2. The molecule has 0 fully saturated rings. The van der Waals surface area contributed by atoms with Crippen molar-refractivity contribution in [2.24, 2.45) is 81.9 Å². The summed E-state index contributed by atoms with van der Waals surface area (Å²) in [5.74, 6) is -5.42. The van der Waals surface area contributed by atoms with Gasteiger partial charge in [0.05, 0.1) is 103 Å². The molecular weight excluding hydrogens is 2110 g/mol. The van der Waals surface area contributed by atoms with Crippen LogP contribution in [0.5, 0.6) is 69.0 Å². The van der Waals surface area contributed by atoms with Crippen molar-refractivity contribution in [1.29, 1.82) is 0 Å². The summed E-state index contributed by atoms with van der Waals surface area (Å²) in [5, 5.41) is 231. The maximum atomic E-state index is 11.7. The van der Waals surface area contributed by atoms with Crippen molar-refractivity contribution >= 4 is 107 Å². The Morgan fingerprint density at radius 1 is 0.293 bits per heavy atom. The molecule has 0 saturated carbocycles. The molecular formula is C68H74Gd4N18O26. The van der Waals surface area contributed by atoms with Crippen molar-refractivity contribution in [1.82, 2.24) is 10.9 Å². The molecule has 6 aromatic rings. The van der Waals surface area contributed by atoms with E-state index in [1.807, 2.05) is 0 Å². The molecule has 0 aliphatic heterocycles. The molecule has 48 heteroatoms. The summed E-state index contributed by atoms with van der Waals surface area (Å²) in [6.45, 7) is 7.76. The number of benzene rings is 6. The topological polar surface area (TPSA) is 709 Å². The summed E-state index contributed by atoms with van der Waals surface area (Å²) >= 11 is 0. The standard InChI is InChI=1S/6C11H13N3O4.2CH3O.4Gd/c6*1-7(14-17)11(16)13-12-6-8-4-3-5-9(18-2)10(8)15;2*1-2;;;;/h6*3-6,15,17H,1-2H3,(H,13,16);2*1H3;;;;/q;;;;;;2*-1;4*+3/p-10/b6*12-6+,14-7+;;;;;;. The summed E-state index contributed by atoms with van der Waals surface area (Å²) in [6.07, 6.45) is 6.91. The zero-order chi connectivity index (χ0) is 85.3. The number of hydrazone groups is 2. The van der Waals surface area contributed by atoms with Gasteiger partial charge in [-0.05, 0) is 111 Å². The van der Waals surface area contributed by atoms with Crippen molar-refractivity contribution in [2.75, 3.05) is 56.9 Å². The summed E-state index contributed by atoms with van der Waals surface area (Å²) in [5.41, 5.74) is 4.66. The minimum Gasteiger partial charge on any atom is -0.870 e. The minimum absolute atomic E-state index is 0. The number of nitrogens with zero attached hydrogens (tertiary/aromatic N) is 16. The average Bonchev–Trinajstić information content (AvgIpc) is 0.895. The van der Waals surface area contributed by atoms with E-state index >= 15 is 0 Å². The predicted molar refractivity (Wildman–Crippen MR) is 387 cm³/mol. The van der Waals surface area contributed by atoms with Gasteiger partial charge in [0.1, 0.15) is 45.9 Å². The van der Waals surface area contributed by atoms with Crippen molar-refractivity contribution in [2.45, 2.75) is 41.5 Å². The Morgan fingerprint density at radius 2 is 0.448 bits per heavy atom. The van der Waals surface area contributed by atoms with Gasteiger partial charge in [0.2, 0.25) is 0 Å². The number of carbonyl (C=O) groups is 2. The van der Waals surface area contributed by atoms with Crippen molar-refractivity contribution in [3.05, 3.63) is 143 Å².